The van der Waals surface area contributed by atoms with Gasteiger partial charge in [0, 0.05) is 31.9 Å². The van der Waals surface area contributed by atoms with Gasteiger partial charge in [-0.25, -0.2) is 0 Å². The van der Waals surface area contributed by atoms with Gasteiger partial charge in [0.05, 0.1) is 25.8 Å². The number of carbonyl (C=O) groups is 1. The summed E-state index contributed by atoms with van der Waals surface area (Å²) in [5.74, 6) is 1.49. The van der Waals surface area contributed by atoms with Crippen molar-refractivity contribution < 1.29 is 14.6 Å². The van der Waals surface area contributed by atoms with E-state index in [1.165, 1.54) is 5.69 Å². The molecule has 6 nitrogen and oxygen atoms in total. The lowest BCUT2D eigenvalue weighted by molar-refractivity contribution is -0.130. The zero-order valence-corrected chi connectivity index (χ0v) is 16.8. The van der Waals surface area contributed by atoms with Crippen LogP contribution in [0.3, 0.4) is 0 Å². The molecule has 2 N–H and O–H groups in total. The molecular weight excluding hydrogens is 342 g/mol. The Kier molecular flexibility index (Phi) is 6.27. The van der Waals surface area contributed by atoms with Crippen molar-refractivity contribution in [2.24, 2.45) is 11.3 Å². The molecular formula is C21H33N3O3. The van der Waals surface area contributed by atoms with Crippen molar-refractivity contribution in [1.29, 1.82) is 0 Å². The van der Waals surface area contributed by atoms with Crippen LogP contribution in [0.4, 0.5) is 5.69 Å². The summed E-state index contributed by atoms with van der Waals surface area (Å²) in [5.41, 5.74) is 1.35. The van der Waals surface area contributed by atoms with Gasteiger partial charge in [-0.3, -0.25) is 4.79 Å². The molecule has 0 unspecified atom stereocenters. The maximum atomic E-state index is 12.7. The molecule has 3 fully saturated rings. The summed E-state index contributed by atoms with van der Waals surface area (Å²) in [6.07, 6.45) is 1.14. The standard InChI is InChI=1S/C21H33N3O3/c1-4-27-18-7-5-17(6-8-18)24-14-16-11-21(2,3)19(24)15-23(13-16)20(26)12-22-9-10-25/h5-8,16,19,22,25H,4,9-15H2,1-3H3/t16-,19-/m1/s1. The number of nitrogens with one attached hydrogen (secondary N) is 1. The number of hydrogen-bond donors (Lipinski definition) is 2. The number of nitrogens with zero attached hydrogens (tertiary/aromatic N) is 2. The summed E-state index contributed by atoms with van der Waals surface area (Å²) in [5, 5.41) is 11.9. The van der Waals surface area contributed by atoms with Gasteiger partial charge in [0.25, 0.3) is 0 Å². The number of hydrogen-bond acceptors (Lipinski definition) is 5. The zero-order valence-electron chi connectivity index (χ0n) is 16.8. The topological polar surface area (TPSA) is 65.0 Å². The summed E-state index contributed by atoms with van der Waals surface area (Å²) in [7, 11) is 0. The highest BCUT2D eigenvalue weighted by Gasteiger charge is 2.46. The molecule has 1 aromatic rings. The SMILES string of the molecule is CCOc1ccc(N2C[C@H]3CN(C(=O)CNCCO)C[C@@H]2C(C)(C)C3)cc1. The second-order valence-electron chi connectivity index (χ2n) is 8.35. The minimum atomic E-state index is 0.0527. The Labute approximate surface area is 162 Å². The normalized spacial score (nSPS) is 24.0. The van der Waals surface area contributed by atoms with Crippen molar-refractivity contribution in [3.63, 3.8) is 0 Å². The molecule has 3 heterocycles. The van der Waals surface area contributed by atoms with Crippen LogP contribution in [-0.2, 0) is 4.79 Å². The second-order valence-corrected chi connectivity index (χ2v) is 8.35. The van der Waals surface area contributed by atoms with Crippen molar-refractivity contribution in [2.45, 2.75) is 33.2 Å². The second kappa shape index (κ2) is 8.48. The lowest BCUT2D eigenvalue weighted by atomic mass is 9.73. The Morgan fingerprint density at radius 2 is 2.00 bits per heavy atom. The average molecular weight is 376 g/mol. The van der Waals surface area contributed by atoms with Crippen LogP contribution in [0.25, 0.3) is 0 Å². The Morgan fingerprint density at radius 1 is 1.26 bits per heavy atom. The van der Waals surface area contributed by atoms with Crippen LogP contribution in [0.2, 0.25) is 0 Å². The predicted molar refractivity (Wildman–Crippen MR) is 107 cm³/mol. The molecule has 2 bridgehead atoms. The van der Waals surface area contributed by atoms with E-state index in [1.54, 1.807) is 0 Å². The minimum absolute atomic E-state index is 0.0527. The van der Waals surface area contributed by atoms with Gasteiger partial charge < -0.3 is 25.0 Å². The van der Waals surface area contributed by atoms with E-state index < -0.39 is 0 Å². The van der Waals surface area contributed by atoms with E-state index in [4.69, 9.17) is 9.84 Å². The lowest BCUT2D eigenvalue weighted by Gasteiger charge is -2.48. The molecule has 2 atom stereocenters. The van der Waals surface area contributed by atoms with Crippen LogP contribution >= 0.6 is 0 Å². The number of fused-ring (bicyclic) bond motifs is 4. The van der Waals surface area contributed by atoms with Crippen LogP contribution in [0.1, 0.15) is 27.2 Å². The van der Waals surface area contributed by atoms with E-state index in [-0.39, 0.29) is 24.0 Å². The van der Waals surface area contributed by atoms with Crippen LogP contribution in [0.15, 0.2) is 24.3 Å². The van der Waals surface area contributed by atoms with E-state index in [0.717, 1.165) is 31.8 Å². The van der Waals surface area contributed by atoms with Crippen molar-refractivity contribution in [3.05, 3.63) is 24.3 Å². The summed E-state index contributed by atoms with van der Waals surface area (Å²) in [4.78, 5) is 17.2. The number of aliphatic hydroxyl groups excluding tert-OH is 1. The monoisotopic (exact) mass is 375 g/mol. The molecule has 0 aliphatic carbocycles. The van der Waals surface area contributed by atoms with Crippen molar-refractivity contribution >= 4 is 11.6 Å². The molecule has 1 aromatic carbocycles. The van der Waals surface area contributed by atoms with Gasteiger partial charge in [0.1, 0.15) is 5.75 Å². The van der Waals surface area contributed by atoms with Crippen LogP contribution in [0.5, 0.6) is 5.75 Å². The number of rotatable bonds is 7. The Morgan fingerprint density at radius 3 is 2.67 bits per heavy atom. The van der Waals surface area contributed by atoms with Gasteiger partial charge in [-0.15, -0.1) is 0 Å². The lowest BCUT2D eigenvalue weighted by Crippen LogP contribution is -2.54. The number of carbonyl (C=O) groups excluding carboxylic acids is 1. The summed E-state index contributed by atoms with van der Waals surface area (Å²) in [6, 6.07) is 8.63. The zero-order chi connectivity index (χ0) is 19.4. The number of anilines is 1. The third-order valence-corrected chi connectivity index (χ3v) is 5.82. The fourth-order valence-electron chi connectivity index (χ4n) is 4.61. The Bertz CT molecular complexity index is 632. The third-order valence-electron chi connectivity index (χ3n) is 5.82. The van der Waals surface area contributed by atoms with E-state index in [9.17, 15) is 4.79 Å². The predicted octanol–water partition coefficient (Wildman–Crippen LogP) is 1.73. The quantitative estimate of drug-likeness (QED) is 0.711. The van der Waals surface area contributed by atoms with Crippen LogP contribution in [-0.4, -0.2) is 67.9 Å². The molecule has 3 saturated heterocycles. The van der Waals surface area contributed by atoms with Gasteiger partial charge in [-0.1, -0.05) is 13.8 Å². The Balaban J connectivity index is 1.77. The van der Waals surface area contributed by atoms with E-state index >= 15 is 0 Å². The molecule has 0 radical (unpaired) electrons. The molecule has 4 rings (SSSR count). The van der Waals surface area contributed by atoms with Gasteiger partial charge in [0.2, 0.25) is 5.91 Å². The van der Waals surface area contributed by atoms with Crippen LogP contribution < -0.4 is 15.0 Å². The number of benzene rings is 1. The first-order valence-electron chi connectivity index (χ1n) is 10.0. The minimum Gasteiger partial charge on any atom is -0.494 e. The first kappa shape index (κ1) is 20.0. The van der Waals surface area contributed by atoms with Crippen molar-refractivity contribution in [1.82, 2.24) is 10.2 Å². The highest BCUT2D eigenvalue weighted by Crippen LogP contribution is 2.43. The molecule has 1 amide bonds. The fourth-order valence-corrected chi connectivity index (χ4v) is 4.61. The van der Waals surface area contributed by atoms with E-state index in [1.807, 2.05) is 24.0 Å². The number of aliphatic hydroxyl groups is 1. The smallest absolute Gasteiger partial charge is 0.236 e. The first-order chi connectivity index (χ1) is 12.9. The third kappa shape index (κ3) is 4.55. The number of amides is 1. The highest BCUT2D eigenvalue weighted by atomic mass is 16.5. The molecule has 3 aliphatic rings. The molecule has 0 saturated carbocycles. The van der Waals surface area contributed by atoms with E-state index in [0.29, 0.717) is 25.6 Å². The van der Waals surface area contributed by atoms with Crippen molar-refractivity contribution in [3.8, 4) is 5.75 Å². The average Bonchev–Trinajstić information content (AvgIpc) is 2.90. The molecule has 0 aromatic heterocycles. The summed E-state index contributed by atoms with van der Waals surface area (Å²) in [6.45, 7) is 10.6. The summed E-state index contributed by atoms with van der Waals surface area (Å²) >= 11 is 0. The molecule has 3 aliphatic heterocycles. The highest BCUT2D eigenvalue weighted by molar-refractivity contribution is 5.78. The largest absolute Gasteiger partial charge is 0.494 e. The van der Waals surface area contributed by atoms with Gasteiger partial charge >= 0.3 is 0 Å². The fraction of sp³-hybridized carbons (Fsp3) is 0.667. The summed E-state index contributed by atoms with van der Waals surface area (Å²) < 4.78 is 5.57. The molecule has 6 heteroatoms. The van der Waals surface area contributed by atoms with Gasteiger partial charge in [-0.05, 0) is 48.9 Å². The van der Waals surface area contributed by atoms with E-state index in [2.05, 4.69) is 36.2 Å². The maximum absolute atomic E-state index is 12.7. The molecule has 0 spiro atoms. The van der Waals surface area contributed by atoms with Gasteiger partial charge in [-0.2, -0.15) is 0 Å². The molecule has 27 heavy (non-hydrogen) atoms. The number of piperidine rings is 1. The van der Waals surface area contributed by atoms with Crippen LogP contribution in [0, 0.1) is 11.3 Å². The van der Waals surface area contributed by atoms with Crippen molar-refractivity contribution in [2.75, 3.05) is 50.8 Å². The Hall–Kier alpha value is -1.79. The van der Waals surface area contributed by atoms with Gasteiger partial charge in [0.15, 0.2) is 0 Å². The maximum Gasteiger partial charge on any atom is 0.236 e. The number of ether oxygens (including phenoxy) is 1. The molecule has 150 valence electrons. The first-order valence-corrected chi connectivity index (χ1v) is 10.0.